The summed E-state index contributed by atoms with van der Waals surface area (Å²) in [4.78, 5) is 61.1. The van der Waals surface area contributed by atoms with Crippen molar-refractivity contribution in [3.63, 3.8) is 0 Å². The standard InChI is InChI=1S/C26H23N5O4/c32-23-21-14-17(15-27-22(21)31(18-8-9-18)26(35)28-23)24(33)29-10-12-30(13-11-29)25(34)20-7-3-5-16-4-1-2-6-19(16)20/h1-7,14-15,18H,8-13H2,(H,28,32,35). The fourth-order valence-electron chi connectivity index (χ4n) is 4.80. The molecule has 0 spiro atoms. The van der Waals surface area contributed by atoms with E-state index in [1.165, 1.54) is 16.8 Å². The van der Waals surface area contributed by atoms with Gasteiger partial charge in [0.15, 0.2) is 0 Å². The molecule has 2 aliphatic rings. The molecule has 1 aliphatic carbocycles. The van der Waals surface area contributed by atoms with Crippen molar-refractivity contribution in [2.45, 2.75) is 18.9 Å². The van der Waals surface area contributed by atoms with Crippen LogP contribution in [0.1, 0.15) is 39.6 Å². The number of H-pyrrole nitrogens is 1. The first-order valence-electron chi connectivity index (χ1n) is 11.7. The monoisotopic (exact) mass is 469 g/mol. The van der Waals surface area contributed by atoms with E-state index in [1.807, 2.05) is 42.5 Å². The lowest BCUT2D eigenvalue weighted by atomic mass is 10.0. The van der Waals surface area contributed by atoms with Gasteiger partial charge in [-0.25, -0.2) is 9.78 Å². The predicted molar refractivity (Wildman–Crippen MR) is 131 cm³/mol. The highest BCUT2D eigenvalue weighted by Gasteiger charge is 2.29. The molecule has 9 nitrogen and oxygen atoms in total. The van der Waals surface area contributed by atoms with Crippen molar-refractivity contribution in [1.82, 2.24) is 24.3 Å². The lowest BCUT2D eigenvalue weighted by molar-refractivity contribution is 0.0536. The molecule has 2 fully saturated rings. The Labute approximate surface area is 199 Å². The van der Waals surface area contributed by atoms with Crippen molar-refractivity contribution < 1.29 is 9.59 Å². The van der Waals surface area contributed by atoms with Gasteiger partial charge >= 0.3 is 5.69 Å². The van der Waals surface area contributed by atoms with Gasteiger partial charge in [-0.3, -0.25) is 23.9 Å². The summed E-state index contributed by atoms with van der Waals surface area (Å²) in [5.41, 5.74) is 0.238. The zero-order valence-corrected chi connectivity index (χ0v) is 18.9. The normalized spacial score (nSPS) is 16.1. The van der Waals surface area contributed by atoms with E-state index in [9.17, 15) is 19.2 Å². The predicted octanol–water partition coefficient (Wildman–Crippen LogP) is 2.17. The average molecular weight is 470 g/mol. The molecule has 0 bridgehead atoms. The number of benzene rings is 2. The van der Waals surface area contributed by atoms with E-state index < -0.39 is 11.2 Å². The number of aromatic amines is 1. The number of piperazine rings is 1. The largest absolute Gasteiger partial charge is 0.335 e. The zero-order chi connectivity index (χ0) is 24.1. The van der Waals surface area contributed by atoms with Gasteiger partial charge in [0.25, 0.3) is 17.4 Å². The van der Waals surface area contributed by atoms with Crippen molar-refractivity contribution in [3.8, 4) is 0 Å². The van der Waals surface area contributed by atoms with Gasteiger partial charge < -0.3 is 9.80 Å². The summed E-state index contributed by atoms with van der Waals surface area (Å²) in [6, 6.07) is 15.0. The molecule has 4 aromatic rings. The molecular weight excluding hydrogens is 446 g/mol. The Morgan fingerprint density at radius 1 is 0.857 bits per heavy atom. The number of hydrogen-bond acceptors (Lipinski definition) is 5. The Morgan fingerprint density at radius 2 is 1.54 bits per heavy atom. The number of fused-ring (bicyclic) bond motifs is 2. The van der Waals surface area contributed by atoms with Crippen LogP contribution in [0, 0.1) is 0 Å². The van der Waals surface area contributed by atoms with Crippen LogP contribution in [0.3, 0.4) is 0 Å². The SMILES string of the molecule is O=C(c1cnc2c(c1)c(=O)[nH]c(=O)n2C1CC1)N1CCN(C(=O)c2cccc3ccccc23)CC1. The molecule has 0 atom stereocenters. The van der Waals surface area contributed by atoms with Crippen LogP contribution in [-0.4, -0.2) is 62.3 Å². The van der Waals surface area contributed by atoms with Gasteiger partial charge in [-0.15, -0.1) is 0 Å². The molecule has 0 unspecified atom stereocenters. The second kappa shape index (κ2) is 8.19. The van der Waals surface area contributed by atoms with Gasteiger partial charge in [0.2, 0.25) is 0 Å². The fraction of sp³-hybridized carbons (Fsp3) is 0.269. The number of pyridine rings is 1. The number of aromatic nitrogens is 3. The highest BCUT2D eigenvalue weighted by atomic mass is 16.2. The van der Waals surface area contributed by atoms with Gasteiger partial charge in [0.05, 0.1) is 10.9 Å². The Balaban J connectivity index is 1.21. The topological polar surface area (TPSA) is 108 Å². The zero-order valence-electron chi connectivity index (χ0n) is 18.9. The van der Waals surface area contributed by atoms with Crippen LogP contribution in [0.4, 0.5) is 0 Å². The number of amides is 2. The van der Waals surface area contributed by atoms with E-state index in [0.29, 0.717) is 37.4 Å². The maximum atomic E-state index is 13.2. The van der Waals surface area contributed by atoms with Crippen LogP contribution in [-0.2, 0) is 0 Å². The summed E-state index contributed by atoms with van der Waals surface area (Å²) < 4.78 is 1.50. The third-order valence-corrected chi connectivity index (χ3v) is 6.81. The third kappa shape index (κ3) is 3.69. The minimum atomic E-state index is -0.547. The molecule has 1 aliphatic heterocycles. The fourth-order valence-corrected chi connectivity index (χ4v) is 4.80. The van der Waals surface area contributed by atoms with E-state index in [2.05, 4.69) is 9.97 Å². The molecule has 3 heterocycles. The molecule has 6 rings (SSSR count). The Bertz CT molecular complexity index is 1600. The maximum absolute atomic E-state index is 13.2. The number of nitrogens with zero attached hydrogens (tertiary/aromatic N) is 4. The second-order valence-electron chi connectivity index (χ2n) is 9.07. The van der Waals surface area contributed by atoms with E-state index in [0.717, 1.165) is 23.6 Å². The lowest BCUT2D eigenvalue weighted by Crippen LogP contribution is -2.50. The van der Waals surface area contributed by atoms with Crippen molar-refractivity contribution in [2.24, 2.45) is 0 Å². The van der Waals surface area contributed by atoms with Gasteiger partial charge in [0.1, 0.15) is 5.65 Å². The van der Waals surface area contributed by atoms with Crippen LogP contribution in [0.15, 0.2) is 64.3 Å². The van der Waals surface area contributed by atoms with Crippen molar-refractivity contribution >= 4 is 33.6 Å². The number of rotatable bonds is 3. The van der Waals surface area contributed by atoms with Gasteiger partial charge in [-0.1, -0.05) is 36.4 Å². The van der Waals surface area contributed by atoms with Gasteiger partial charge in [-0.2, -0.15) is 0 Å². The molecule has 9 heteroatoms. The number of carbonyl (C=O) groups is 2. The summed E-state index contributed by atoms with van der Waals surface area (Å²) in [6.45, 7) is 1.59. The van der Waals surface area contributed by atoms with Crippen LogP contribution >= 0.6 is 0 Å². The highest BCUT2D eigenvalue weighted by molar-refractivity contribution is 6.07. The highest BCUT2D eigenvalue weighted by Crippen LogP contribution is 2.34. The van der Waals surface area contributed by atoms with Crippen LogP contribution < -0.4 is 11.2 Å². The van der Waals surface area contributed by atoms with Gasteiger partial charge in [0, 0.05) is 44.0 Å². The molecule has 35 heavy (non-hydrogen) atoms. The van der Waals surface area contributed by atoms with Crippen molar-refractivity contribution in [1.29, 1.82) is 0 Å². The molecule has 1 saturated carbocycles. The van der Waals surface area contributed by atoms with E-state index in [-0.39, 0.29) is 28.8 Å². The first-order valence-corrected chi connectivity index (χ1v) is 11.7. The number of carbonyl (C=O) groups excluding carboxylic acids is 2. The summed E-state index contributed by atoms with van der Waals surface area (Å²) in [6.07, 6.45) is 3.16. The maximum Gasteiger partial charge on any atom is 0.330 e. The van der Waals surface area contributed by atoms with Crippen molar-refractivity contribution in [3.05, 3.63) is 86.7 Å². The smallest absolute Gasteiger partial charge is 0.330 e. The van der Waals surface area contributed by atoms with Crippen LogP contribution in [0.2, 0.25) is 0 Å². The summed E-state index contributed by atoms with van der Waals surface area (Å²) >= 11 is 0. The van der Waals surface area contributed by atoms with Crippen LogP contribution in [0.25, 0.3) is 21.8 Å². The third-order valence-electron chi connectivity index (χ3n) is 6.81. The molecule has 1 N–H and O–H groups in total. The lowest BCUT2D eigenvalue weighted by Gasteiger charge is -2.35. The minimum absolute atomic E-state index is 0.0447. The summed E-state index contributed by atoms with van der Waals surface area (Å²) in [5.74, 6) is -0.300. The molecule has 2 amide bonds. The van der Waals surface area contributed by atoms with Crippen molar-refractivity contribution in [2.75, 3.05) is 26.2 Å². The molecular formula is C26H23N5O4. The number of hydrogen-bond donors (Lipinski definition) is 1. The van der Waals surface area contributed by atoms with Crippen LogP contribution in [0.5, 0.6) is 0 Å². The molecule has 2 aromatic heterocycles. The minimum Gasteiger partial charge on any atom is -0.335 e. The summed E-state index contributed by atoms with van der Waals surface area (Å²) in [5, 5.41) is 2.15. The van der Waals surface area contributed by atoms with E-state index in [1.54, 1.807) is 9.80 Å². The molecule has 2 aromatic carbocycles. The number of nitrogens with one attached hydrogen (secondary N) is 1. The first-order chi connectivity index (χ1) is 17.0. The second-order valence-corrected chi connectivity index (χ2v) is 9.07. The van der Waals surface area contributed by atoms with E-state index in [4.69, 9.17) is 0 Å². The Morgan fingerprint density at radius 3 is 2.29 bits per heavy atom. The summed E-state index contributed by atoms with van der Waals surface area (Å²) in [7, 11) is 0. The molecule has 176 valence electrons. The van der Waals surface area contributed by atoms with Gasteiger partial charge in [-0.05, 0) is 35.7 Å². The molecule has 0 radical (unpaired) electrons. The Kier molecular flexibility index (Phi) is 4.98. The average Bonchev–Trinajstić information content (AvgIpc) is 3.73. The van der Waals surface area contributed by atoms with E-state index >= 15 is 0 Å². The first kappa shape index (κ1) is 21.3. The quantitative estimate of drug-likeness (QED) is 0.495. The molecule has 1 saturated heterocycles. The Hall–Kier alpha value is -4.27.